The van der Waals surface area contributed by atoms with Crippen molar-refractivity contribution < 1.29 is 4.74 Å². The molecule has 0 aliphatic heterocycles. The van der Waals surface area contributed by atoms with Crippen molar-refractivity contribution in [2.75, 3.05) is 0 Å². The summed E-state index contributed by atoms with van der Waals surface area (Å²) in [6.07, 6.45) is 1.40. The van der Waals surface area contributed by atoms with Gasteiger partial charge in [-0.3, -0.25) is 4.79 Å². The molecule has 132 valence electrons. The molecule has 27 heavy (non-hydrogen) atoms. The van der Waals surface area contributed by atoms with Crippen molar-refractivity contribution in [2.24, 2.45) is 0 Å². The maximum Gasteiger partial charge on any atom is 0.317 e. The monoisotopic (exact) mass is 396 g/mol. The van der Waals surface area contributed by atoms with Gasteiger partial charge in [0.05, 0.1) is 11.2 Å². The quantitative estimate of drug-likeness (QED) is 0.545. The van der Waals surface area contributed by atoms with E-state index in [0.717, 1.165) is 4.52 Å². The summed E-state index contributed by atoms with van der Waals surface area (Å²) in [5.41, 5.74) is 0.732. The molecule has 1 N–H and O–H groups in total. The van der Waals surface area contributed by atoms with E-state index in [1.807, 2.05) is 6.07 Å². The van der Waals surface area contributed by atoms with Gasteiger partial charge in [0.25, 0.3) is 0 Å². The molecular weight excluding hydrogens is 387 g/mol. The van der Waals surface area contributed by atoms with Gasteiger partial charge in [-0.15, -0.1) is 0 Å². The first kappa shape index (κ1) is 17.2. The number of aromatic amines is 1. The highest BCUT2D eigenvalue weighted by Gasteiger charge is 2.20. The number of rotatable bonds is 3. The van der Waals surface area contributed by atoms with E-state index >= 15 is 0 Å². The number of nitrogens with one attached hydrogen (secondary N) is 1. The van der Waals surface area contributed by atoms with Crippen LogP contribution in [-0.4, -0.2) is 14.6 Å². The minimum Gasteiger partial charge on any atom is -0.450 e. The maximum absolute atomic E-state index is 12.8. The molecule has 2 aromatic heterocycles. The summed E-state index contributed by atoms with van der Waals surface area (Å²) in [5.74, 6) is 0.561. The molecule has 4 rings (SSSR count). The Bertz CT molecular complexity index is 1260. The summed E-state index contributed by atoms with van der Waals surface area (Å²) in [4.78, 5) is 15.7. The highest BCUT2D eigenvalue weighted by molar-refractivity contribution is 6.36. The first-order valence-electron chi connectivity index (χ1n) is 7.81. The Morgan fingerprint density at radius 2 is 1.93 bits per heavy atom. The average Bonchev–Trinajstić information content (AvgIpc) is 3.04. The fourth-order valence-electron chi connectivity index (χ4n) is 2.66. The zero-order valence-corrected chi connectivity index (χ0v) is 15.1. The predicted molar refractivity (Wildman–Crippen MR) is 102 cm³/mol. The number of halogens is 2. The van der Waals surface area contributed by atoms with E-state index in [1.165, 1.54) is 6.20 Å². The van der Waals surface area contributed by atoms with Crippen LogP contribution in [0.4, 0.5) is 0 Å². The van der Waals surface area contributed by atoms with E-state index < -0.39 is 5.56 Å². The number of para-hydroxylation sites is 1. The fraction of sp³-hybridized carbons (Fsp3) is 0. The number of hydrogen-bond donors (Lipinski definition) is 1. The molecule has 0 atom stereocenters. The average molecular weight is 397 g/mol. The van der Waals surface area contributed by atoms with Gasteiger partial charge in [-0.05, 0) is 30.3 Å². The summed E-state index contributed by atoms with van der Waals surface area (Å²) < 4.78 is 6.71. The van der Waals surface area contributed by atoms with Gasteiger partial charge < -0.3 is 9.72 Å². The number of nitrogens with zero attached hydrogens (tertiary/aromatic N) is 3. The van der Waals surface area contributed by atoms with Crippen LogP contribution >= 0.6 is 23.2 Å². The molecule has 2 aromatic carbocycles. The lowest BCUT2D eigenvalue weighted by Crippen LogP contribution is -2.16. The zero-order chi connectivity index (χ0) is 19.0. The van der Waals surface area contributed by atoms with E-state index in [-0.39, 0.29) is 22.7 Å². The van der Waals surface area contributed by atoms with E-state index in [1.54, 1.807) is 42.5 Å². The fourth-order valence-corrected chi connectivity index (χ4v) is 3.16. The first-order chi connectivity index (χ1) is 13.1. The second-order valence-corrected chi connectivity index (χ2v) is 6.44. The molecule has 0 aliphatic rings. The van der Waals surface area contributed by atoms with Crippen LogP contribution in [0.5, 0.6) is 11.5 Å². The standard InChI is InChI=1S/C19H10Cl2N4O2/c20-11-6-7-13(15(21)8-11)17-14(9-22)18-23-10-16(19(26)25(18)24-17)27-12-4-2-1-3-5-12/h1-8,10,23H. The third kappa shape index (κ3) is 3.04. The van der Waals surface area contributed by atoms with Gasteiger partial charge in [-0.1, -0.05) is 41.4 Å². The Labute approximate surface area is 163 Å². The summed E-state index contributed by atoms with van der Waals surface area (Å²) in [6, 6.07) is 15.8. The van der Waals surface area contributed by atoms with Gasteiger partial charge >= 0.3 is 5.56 Å². The third-order valence-corrected chi connectivity index (χ3v) is 4.45. The van der Waals surface area contributed by atoms with E-state index in [9.17, 15) is 10.1 Å². The molecular formula is C19H10Cl2N4O2. The topological polar surface area (TPSA) is 83.2 Å². The molecule has 0 unspecified atom stereocenters. The molecule has 0 amide bonds. The second-order valence-electron chi connectivity index (χ2n) is 5.59. The van der Waals surface area contributed by atoms with Crippen LogP contribution in [0.15, 0.2) is 59.5 Å². The smallest absolute Gasteiger partial charge is 0.317 e. The summed E-state index contributed by atoms with van der Waals surface area (Å²) >= 11 is 12.2. The minimum absolute atomic E-state index is 0.0504. The number of aromatic nitrogens is 3. The SMILES string of the molecule is N#Cc1c(-c2ccc(Cl)cc2Cl)nn2c(=O)c(Oc3ccccc3)c[nH]c12. The predicted octanol–water partition coefficient (Wildman–Crippen LogP) is 4.66. The van der Waals surface area contributed by atoms with Crippen molar-refractivity contribution >= 4 is 28.8 Å². The lowest BCUT2D eigenvalue weighted by molar-refractivity contribution is 0.469. The van der Waals surface area contributed by atoms with Crippen molar-refractivity contribution in [3.05, 3.63) is 80.7 Å². The van der Waals surface area contributed by atoms with Crippen molar-refractivity contribution in [1.82, 2.24) is 14.6 Å². The summed E-state index contributed by atoms with van der Waals surface area (Å²) in [6.45, 7) is 0. The lowest BCUT2D eigenvalue weighted by atomic mass is 10.1. The Morgan fingerprint density at radius 1 is 1.15 bits per heavy atom. The Balaban J connectivity index is 1.89. The molecule has 0 radical (unpaired) electrons. The molecule has 2 heterocycles. The van der Waals surface area contributed by atoms with Crippen LogP contribution in [0.1, 0.15) is 5.56 Å². The molecule has 0 spiro atoms. The van der Waals surface area contributed by atoms with Gasteiger partial charge in [0.2, 0.25) is 5.75 Å². The molecule has 6 nitrogen and oxygen atoms in total. The van der Waals surface area contributed by atoms with Gasteiger partial charge in [0.1, 0.15) is 23.1 Å². The highest BCUT2D eigenvalue weighted by atomic mass is 35.5. The van der Waals surface area contributed by atoms with Crippen LogP contribution < -0.4 is 10.3 Å². The molecule has 0 saturated carbocycles. The van der Waals surface area contributed by atoms with Crippen LogP contribution in [-0.2, 0) is 0 Å². The lowest BCUT2D eigenvalue weighted by Gasteiger charge is -2.04. The maximum atomic E-state index is 12.8. The number of nitriles is 1. The van der Waals surface area contributed by atoms with Crippen molar-refractivity contribution in [1.29, 1.82) is 5.26 Å². The number of ether oxygens (including phenoxy) is 1. The minimum atomic E-state index is -0.500. The van der Waals surface area contributed by atoms with Gasteiger partial charge in [0, 0.05) is 10.6 Å². The van der Waals surface area contributed by atoms with Crippen LogP contribution in [0.2, 0.25) is 10.0 Å². The largest absolute Gasteiger partial charge is 0.450 e. The van der Waals surface area contributed by atoms with Crippen molar-refractivity contribution in [2.45, 2.75) is 0 Å². The molecule has 0 aliphatic carbocycles. The number of hydrogen-bond acceptors (Lipinski definition) is 4. The van der Waals surface area contributed by atoms with E-state index in [0.29, 0.717) is 21.4 Å². The van der Waals surface area contributed by atoms with Crippen LogP contribution in [0.3, 0.4) is 0 Å². The number of benzene rings is 2. The normalized spacial score (nSPS) is 10.7. The molecule has 0 fully saturated rings. The Morgan fingerprint density at radius 3 is 2.63 bits per heavy atom. The summed E-state index contributed by atoms with van der Waals surface area (Å²) in [5, 5.41) is 14.7. The van der Waals surface area contributed by atoms with Crippen molar-refractivity contribution in [3.8, 4) is 28.8 Å². The van der Waals surface area contributed by atoms with Crippen LogP contribution in [0.25, 0.3) is 16.9 Å². The first-order valence-corrected chi connectivity index (χ1v) is 8.57. The summed E-state index contributed by atoms with van der Waals surface area (Å²) in [7, 11) is 0. The number of fused-ring (bicyclic) bond motifs is 1. The van der Waals surface area contributed by atoms with Gasteiger partial charge in [-0.25, -0.2) is 0 Å². The Kier molecular flexibility index (Phi) is 4.32. The van der Waals surface area contributed by atoms with Gasteiger partial charge in [-0.2, -0.15) is 14.9 Å². The third-order valence-electron chi connectivity index (χ3n) is 3.90. The zero-order valence-electron chi connectivity index (χ0n) is 13.6. The highest BCUT2D eigenvalue weighted by Crippen LogP contribution is 2.32. The van der Waals surface area contributed by atoms with E-state index in [2.05, 4.69) is 16.2 Å². The molecule has 4 aromatic rings. The van der Waals surface area contributed by atoms with Gasteiger partial charge in [0.15, 0.2) is 5.65 Å². The molecule has 0 bridgehead atoms. The van der Waals surface area contributed by atoms with Crippen molar-refractivity contribution in [3.63, 3.8) is 0 Å². The van der Waals surface area contributed by atoms with Crippen LogP contribution in [0, 0.1) is 11.3 Å². The van der Waals surface area contributed by atoms with E-state index in [4.69, 9.17) is 27.9 Å². The Hall–Kier alpha value is -3.27. The second kappa shape index (κ2) is 6.80. The molecule has 8 heteroatoms. The number of H-pyrrole nitrogens is 1. The molecule has 0 saturated heterocycles.